The van der Waals surface area contributed by atoms with Crippen LogP contribution >= 0.6 is 0 Å². The molecule has 112 valence electrons. The molecule has 0 heterocycles. The molecule has 0 aliphatic carbocycles. The Morgan fingerprint density at radius 3 is 2.52 bits per heavy atom. The standard InChI is InChI=1S/C15H17NO4S/c1-10-7-8-11(2)14(9-10)21(18,19)16-15-12(17)5-4-6-13(15)20-3/h4-9,16-17H,1-3H3. The number of aromatic hydroxyl groups is 1. The highest BCUT2D eigenvalue weighted by molar-refractivity contribution is 7.92. The SMILES string of the molecule is COc1cccc(O)c1NS(=O)(=O)c1cc(C)ccc1C. The van der Waals surface area contributed by atoms with Gasteiger partial charge in [0.05, 0.1) is 12.0 Å². The number of ether oxygens (including phenoxy) is 1. The van der Waals surface area contributed by atoms with Gasteiger partial charge in [0, 0.05) is 0 Å². The van der Waals surface area contributed by atoms with Crippen LogP contribution in [-0.2, 0) is 10.0 Å². The average Bonchev–Trinajstić information content (AvgIpc) is 2.43. The van der Waals surface area contributed by atoms with Gasteiger partial charge in [-0.2, -0.15) is 0 Å². The van der Waals surface area contributed by atoms with Crippen LogP contribution in [0.1, 0.15) is 11.1 Å². The second-order valence-corrected chi connectivity index (χ2v) is 6.38. The predicted molar refractivity (Wildman–Crippen MR) is 81.4 cm³/mol. The third-order valence-corrected chi connectivity index (χ3v) is 4.59. The lowest BCUT2D eigenvalue weighted by Crippen LogP contribution is -2.15. The van der Waals surface area contributed by atoms with E-state index >= 15 is 0 Å². The molecule has 2 N–H and O–H groups in total. The zero-order valence-electron chi connectivity index (χ0n) is 12.0. The zero-order chi connectivity index (χ0) is 15.6. The topological polar surface area (TPSA) is 75.6 Å². The lowest BCUT2D eigenvalue weighted by molar-refractivity contribution is 0.411. The van der Waals surface area contributed by atoms with Gasteiger partial charge in [0.1, 0.15) is 17.2 Å². The molecule has 2 aromatic rings. The normalized spacial score (nSPS) is 11.2. The van der Waals surface area contributed by atoms with Crippen LogP contribution in [0.3, 0.4) is 0 Å². The second-order valence-electron chi connectivity index (χ2n) is 4.73. The van der Waals surface area contributed by atoms with Crippen LogP contribution < -0.4 is 9.46 Å². The molecule has 0 fully saturated rings. The summed E-state index contributed by atoms with van der Waals surface area (Å²) in [6.07, 6.45) is 0. The summed E-state index contributed by atoms with van der Waals surface area (Å²) in [7, 11) is -2.40. The number of rotatable bonds is 4. The number of aryl methyl sites for hydroxylation is 2. The van der Waals surface area contributed by atoms with Gasteiger partial charge in [-0.3, -0.25) is 4.72 Å². The third kappa shape index (κ3) is 3.11. The molecule has 0 aliphatic heterocycles. The lowest BCUT2D eigenvalue weighted by Gasteiger charge is -2.14. The van der Waals surface area contributed by atoms with Crippen LogP contribution in [0.25, 0.3) is 0 Å². The molecule has 6 heteroatoms. The van der Waals surface area contributed by atoms with Crippen molar-refractivity contribution in [1.82, 2.24) is 0 Å². The first-order valence-corrected chi connectivity index (χ1v) is 7.79. The van der Waals surface area contributed by atoms with Gasteiger partial charge in [-0.25, -0.2) is 8.42 Å². The largest absolute Gasteiger partial charge is 0.506 e. The highest BCUT2D eigenvalue weighted by atomic mass is 32.2. The fraction of sp³-hybridized carbons (Fsp3) is 0.200. The fourth-order valence-electron chi connectivity index (χ4n) is 1.98. The molecule has 0 aliphatic rings. The number of nitrogens with one attached hydrogen (secondary N) is 1. The summed E-state index contributed by atoms with van der Waals surface area (Å²) >= 11 is 0. The second kappa shape index (κ2) is 5.65. The van der Waals surface area contributed by atoms with Gasteiger partial charge >= 0.3 is 0 Å². The van der Waals surface area contributed by atoms with Crippen molar-refractivity contribution in [2.75, 3.05) is 11.8 Å². The van der Waals surface area contributed by atoms with E-state index in [4.69, 9.17) is 4.74 Å². The van der Waals surface area contributed by atoms with E-state index in [1.165, 1.54) is 13.2 Å². The van der Waals surface area contributed by atoms with E-state index in [0.717, 1.165) is 5.56 Å². The first-order chi connectivity index (χ1) is 9.85. The van der Waals surface area contributed by atoms with E-state index in [1.807, 2.05) is 13.0 Å². The molecule has 0 spiro atoms. The van der Waals surface area contributed by atoms with Gasteiger partial charge in [0.2, 0.25) is 0 Å². The lowest BCUT2D eigenvalue weighted by atomic mass is 10.2. The van der Waals surface area contributed by atoms with Gasteiger partial charge in [-0.15, -0.1) is 0 Å². The van der Waals surface area contributed by atoms with Crippen LogP contribution in [-0.4, -0.2) is 20.6 Å². The smallest absolute Gasteiger partial charge is 0.262 e. The highest BCUT2D eigenvalue weighted by Crippen LogP contribution is 2.35. The highest BCUT2D eigenvalue weighted by Gasteiger charge is 2.21. The number of methoxy groups -OCH3 is 1. The summed E-state index contributed by atoms with van der Waals surface area (Å²) in [4.78, 5) is 0.174. The van der Waals surface area contributed by atoms with E-state index in [1.54, 1.807) is 31.2 Å². The van der Waals surface area contributed by atoms with E-state index in [9.17, 15) is 13.5 Å². The Labute approximate surface area is 124 Å². The van der Waals surface area contributed by atoms with Crippen molar-refractivity contribution < 1.29 is 18.3 Å². The number of phenols is 1. The van der Waals surface area contributed by atoms with Gasteiger partial charge in [-0.05, 0) is 43.2 Å². The van der Waals surface area contributed by atoms with Crippen molar-refractivity contribution >= 4 is 15.7 Å². The summed E-state index contributed by atoms with van der Waals surface area (Å²) in [6, 6.07) is 9.71. The minimum absolute atomic E-state index is 0.0286. The molecule has 0 saturated heterocycles. The Morgan fingerprint density at radius 2 is 1.86 bits per heavy atom. The maximum atomic E-state index is 12.5. The first-order valence-electron chi connectivity index (χ1n) is 6.31. The summed E-state index contributed by atoms with van der Waals surface area (Å²) in [5, 5.41) is 9.85. The monoisotopic (exact) mass is 307 g/mol. The molecule has 5 nitrogen and oxygen atoms in total. The Bertz CT molecular complexity index is 769. The predicted octanol–water partition coefficient (Wildman–Crippen LogP) is 2.82. The molecular formula is C15H17NO4S. The summed E-state index contributed by atoms with van der Waals surface area (Å²) in [5.41, 5.74) is 1.49. The van der Waals surface area contributed by atoms with Crippen LogP contribution in [0.2, 0.25) is 0 Å². The van der Waals surface area contributed by atoms with Crippen molar-refractivity contribution in [3.8, 4) is 11.5 Å². The van der Waals surface area contributed by atoms with E-state index in [2.05, 4.69) is 4.72 Å². The Morgan fingerprint density at radius 1 is 1.14 bits per heavy atom. The van der Waals surface area contributed by atoms with Gasteiger partial charge < -0.3 is 9.84 Å². The van der Waals surface area contributed by atoms with Crippen LogP contribution in [0.4, 0.5) is 5.69 Å². The van der Waals surface area contributed by atoms with Crippen molar-refractivity contribution in [1.29, 1.82) is 0 Å². The molecule has 0 saturated carbocycles. The van der Waals surface area contributed by atoms with Crippen LogP contribution in [0.15, 0.2) is 41.3 Å². The minimum Gasteiger partial charge on any atom is -0.506 e. The average molecular weight is 307 g/mol. The van der Waals surface area contributed by atoms with Gasteiger partial charge in [0.15, 0.2) is 0 Å². The fourth-order valence-corrected chi connectivity index (χ4v) is 3.40. The molecule has 0 atom stereocenters. The molecule has 2 rings (SSSR count). The summed E-state index contributed by atoms with van der Waals surface area (Å²) in [5.74, 6) is 0.0621. The zero-order valence-corrected chi connectivity index (χ0v) is 12.9. The third-order valence-electron chi connectivity index (χ3n) is 3.09. The summed E-state index contributed by atoms with van der Waals surface area (Å²) < 4.78 is 32.5. The summed E-state index contributed by atoms with van der Waals surface area (Å²) in [6.45, 7) is 3.54. The van der Waals surface area contributed by atoms with E-state index in [-0.39, 0.29) is 22.1 Å². The molecular weight excluding hydrogens is 290 g/mol. The molecule has 0 amide bonds. The molecule has 0 bridgehead atoms. The number of phenolic OH excluding ortho intramolecular Hbond substituents is 1. The molecule has 0 unspecified atom stereocenters. The molecule has 2 aromatic carbocycles. The molecule has 0 aromatic heterocycles. The number of hydrogen-bond acceptors (Lipinski definition) is 4. The van der Waals surface area contributed by atoms with Crippen molar-refractivity contribution in [2.24, 2.45) is 0 Å². The number of para-hydroxylation sites is 1. The molecule has 21 heavy (non-hydrogen) atoms. The van der Waals surface area contributed by atoms with Gasteiger partial charge in [0.25, 0.3) is 10.0 Å². The van der Waals surface area contributed by atoms with Crippen molar-refractivity contribution in [2.45, 2.75) is 18.7 Å². The van der Waals surface area contributed by atoms with Crippen LogP contribution in [0.5, 0.6) is 11.5 Å². The van der Waals surface area contributed by atoms with Crippen LogP contribution in [0, 0.1) is 13.8 Å². The quantitative estimate of drug-likeness (QED) is 0.852. The molecule has 0 radical (unpaired) electrons. The maximum Gasteiger partial charge on any atom is 0.262 e. The maximum absolute atomic E-state index is 12.5. The first kappa shape index (κ1) is 15.2. The van der Waals surface area contributed by atoms with E-state index in [0.29, 0.717) is 5.56 Å². The Balaban J connectivity index is 2.50. The van der Waals surface area contributed by atoms with Gasteiger partial charge in [-0.1, -0.05) is 18.2 Å². The Kier molecular flexibility index (Phi) is 4.09. The Hall–Kier alpha value is -2.21. The van der Waals surface area contributed by atoms with Crippen molar-refractivity contribution in [3.63, 3.8) is 0 Å². The number of anilines is 1. The van der Waals surface area contributed by atoms with Crippen molar-refractivity contribution in [3.05, 3.63) is 47.5 Å². The number of hydrogen-bond donors (Lipinski definition) is 2. The minimum atomic E-state index is -3.81. The van der Waals surface area contributed by atoms with E-state index < -0.39 is 10.0 Å². The number of benzene rings is 2. The number of sulfonamides is 1.